The van der Waals surface area contributed by atoms with Crippen molar-refractivity contribution in [1.82, 2.24) is 14.9 Å². The van der Waals surface area contributed by atoms with Crippen LogP contribution < -0.4 is 9.47 Å². The van der Waals surface area contributed by atoms with Crippen LogP contribution in [0, 0.1) is 13.8 Å². The molecular weight excluding hydrogens is 326 g/mol. The highest BCUT2D eigenvalue weighted by atomic mass is 16.5. The first kappa shape index (κ1) is 17.3. The van der Waals surface area contributed by atoms with E-state index in [1.807, 2.05) is 32.2 Å². The minimum Gasteiger partial charge on any atom is -0.491 e. The first-order valence-electron chi connectivity index (χ1n) is 9.56. The van der Waals surface area contributed by atoms with Crippen molar-refractivity contribution >= 4 is 0 Å². The third kappa shape index (κ3) is 3.68. The van der Waals surface area contributed by atoms with Crippen molar-refractivity contribution in [1.29, 1.82) is 0 Å². The van der Waals surface area contributed by atoms with Gasteiger partial charge in [0.2, 0.25) is 0 Å². The molecule has 4 rings (SSSR count). The van der Waals surface area contributed by atoms with E-state index in [1.54, 1.807) is 0 Å². The Morgan fingerprint density at radius 1 is 1.15 bits per heavy atom. The van der Waals surface area contributed by atoms with Gasteiger partial charge in [0.05, 0.1) is 12.3 Å². The van der Waals surface area contributed by atoms with Gasteiger partial charge in [-0.15, -0.1) is 0 Å². The monoisotopic (exact) mass is 353 g/mol. The quantitative estimate of drug-likeness (QED) is 0.840. The summed E-state index contributed by atoms with van der Waals surface area (Å²) in [5.41, 5.74) is 4.36. The zero-order valence-electron chi connectivity index (χ0n) is 15.9. The van der Waals surface area contributed by atoms with E-state index >= 15 is 0 Å². The number of aromatic nitrogens is 2. The van der Waals surface area contributed by atoms with Crippen LogP contribution >= 0.6 is 0 Å². The van der Waals surface area contributed by atoms with Crippen LogP contribution in [0.4, 0.5) is 0 Å². The fourth-order valence-corrected chi connectivity index (χ4v) is 3.94. The lowest BCUT2D eigenvalue weighted by Gasteiger charge is -2.36. The minimum atomic E-state index is 0.279. The number of aryl methyl sites for hydroxylation is 2. The van der Waals surface area contributed by atoms with E-state index in [2.05, 4.69) is 27.9 Å². The zero-order chi connectivity index (χ0) is 18.1. The highest BCUT2D eigenvalue weighted by molar-refractivity contribution is 5.35. The molecule has 0 spiro atoms. The number of pyridine rings is 2. The zero-order valence-corrected chi connectivity index (χ0v) is 15.9. The van der Waals surface area contributed by atoms with Gasteiger partial charge in [-0.05, 0) is 45.2 Å². The predicted octanol–water partition coefficient (Wildman–Crippen LogP) is 3.63. The molecule has 2 aromatic heterocycles. The molecule has 0 aliphatic carbocycles. The van der Waals surface area contributed by atoms with Crippen molar-refractivity contribution < 1.29 is 9.47 Å². The van der Waals surface area contributed by atoms with Crippen molar-refractivity contribution in [3.05, 3.63) is 47.0 Å². The van der Waals surface area contributed by atoms with E-state index in [0.717, 1.165) is 67.5 Å². The Hall–Kier alpha value is -2.14. The molecule has 26 heavy (non-hydrogen) atoms. The molecule has 0 saturated carbocycles. The number of hydrogen-bond acceptors (Lipinski definition) is 5. The Morgan fingerprint density at radius 3 is 2.62 bits per heavy atom. The van der Waals surface area contributed by atoms with Gasteiger partial charge in [-0.2, -0.15) is 0 Å². The van der Waals surface area contributed by atoms with Crippen molar-refractivity contribution in [2.24, 2.45) is 0 Å². The topological polar surface area (TPSA) is 47.5 Å². The van der Waals surface area contributed by atoms with Gasteiger partial charge in [-0.25, -0.2) is 0 Å². The summed E-state index contributed by atoms with van der Waals surface area (Å²) in [6, 6.07) is 6.57. The van der Waals surface area contributed by atoms with Crippen molar-refractivity contribution in [3.8, 4) is 11.5 Å². The summed E-state index contributed by atoms with van der Waals surface area (Å²) in [4.78, 5) is 11.5. The molecule has 0 amide bonds. The molecule has 5 heteroatoms. The number of ether oxygens (including phenoxy) is 2. The summed E-state index contributed by atoms with van der Waals surface area (Å²) in [6.45, 7) is 9.11. The summed E-state index contributed by atoms with van der Waals surface area (Å²) in [5, 5.41) is 0. The normalized spacial score (nSPS) is 19.0. The van der Waals surface area contributed by atoms with E-state index in [1.165, 1.54) is 5.56 Å². The van der Waals surface area contributed by atoms with E-state index < -0.39 is 0 Å². The molecule has 0 N–H and O–H groups in total. The molecule has 1 unspecified atom stereocenters. The second-order valence-corrected chi connectivity index (χ2v) is 7.43. The molecule has 2 aliphatic rings. The highest BCUT2D eigenvalue weighted by Crippen LogP contribution is 2.30. The number of rotatable bonds is 4. The fourth-order valence-electron chi connectivity index (χ4n) is 3.94. The highest BCUT2D eigenvalue weighted by Gasteiger charge is 2.26. The number of likely N-dealkylation sites (tertiary alicyclic amines) is 1. The second-order valence-electron chi connectivity index (χ2n) is 7.43. The molecular formula is C21H27N3O2. The maximum absolute atomic E-state index is 6.21. The fraction of sp³-hybridized carbons (Fsp3) is 0.524. The minimum absolute atomic E-state index is 0.279. The Kier molecular flexibility index (Phi) is 4.81. The summed E-state index contributed by atoms with van der Waals surface area (Å²) in [6.07, 6.45) is 5.31. The average Bonchev–Trinajstić information content (AvgIpc) is 3.08. The molecule has 1 fully saturated rings. The Morgan fingerprint density at radius 2 is 1.88 bits per heavy atom. The van der Waals surface area contributed by atoms with Gasteiger partial charge in [0.25, 0.3) is 0 Å². The molecule has 138 valence electrons. The van der Waals surface area contributed by atoms with Crippen LogP contribution in [0.5, 0.6) is 11.5 Å². The van der Waals surface area contributed by atoms with Gasteiger partial charge in [-0.1, -0.05) is 0 Å². The van der Waals surface area contributed by atoms with Crippen molar-refractivity contribution in [3.63, 3.8) is 0 Å². The lowest BCUT2D eigenvalue weighted by Crippen LogP contribution is -2.39. The summed E-state index contributed by atoms with van der Waals surface area (Å²) in [5.74, 6) is 1.91. The number of piperidine rings is 1. The summed E-state index contributed by atoms with van der Waals surface area (Å²) in [7, 11) is 0. The first-order valence-corrected chi connectivity index (χ1v) is 9.56. The maximum atomic E-state index is 6.21. The van der Waals surface area contributed by atoms with Crippen LogP contribution in [0.1, 0.15) is 48.5 Å². The van der Waals surface area contributed by atoms with Gasteiger partial charge in [0.1, 0.15) is 17.6 Å². The SMILES string of the molecule is Cc1cc(OC2CCN(C(C)c3cnc4c(c3)OCC4)CC2)cc(C)n1. The molecule has 4 heterocycles. The third-order valence-electron chi connectivity index (χ3n) is 5.41. The Labute approximate surface area is 155 Å². The number of nitrogens with zero attached hydrogens (tertiary/aromatic N) is 3. The predicted molar refractivity (Wildman–Crippen MR) is 101 cm³/mol. The molecule has 2 aliphatic heterocycles. The van der Waals surface area contributed by atoms with E-state index in [9.17, 15) is 0 Å². The van der Waals surface area contributed by atoms with Crippen LogP contribution in [0.25, 0.3) is 0 Å². The molecule has 1 atom stereocenters. The Balaban J connectivity index is 1.35. The molecule has 0 radical (unpaired) electrons. The smallest absolute Gasteiger partial charge is 0.141 e. The van der Waals surface area contributed by atoms with Gasteiger partial charge in [0, 0.05) is 55.3 Å². The molecule has 0 bridgehead atoms. The molecule has 5 nitrogen and oxygen atoms in total. The molecule has 1 saturated heterocycles. The molecule has 0 aromatic carbocycles. The largest absolute Gasteiger partial charge is 0.491 e. The standard InChI is InChI=1S/C21H27N3O2/c1-14-10-19(11-15(2)23-14)26-18-4-7-24(8-5-18)16(3)17-12-21-20(22-13-17)6-9-25-21/h10-13,16,18H,4-9H2,1-3H3. The lowest BCUT2D eigenvalue weighted by molar-refractivity contribution is 0.0794. The van der Waals surface area contributed by atoms with Crippen LogP contribution in [-0.2, 0) is 6.42 Å². The van der Waals surface area contributed by atoms with Crippen LogP contribution in [-0.4, -0.2) is 40.7 Å². The van der Waals surface area contributed by atoms with Gasteiger partial charge in [-0.3, -0.25) is 14.9 Å². The second kappa shape index (κ2) is 7.23. The summed E-state index contributed by atoms with van der Waals surface area (Å²) >= 11 is 0. The van der Waals surface area contributed by atoms with Crippen molar-refractivity contribution in [2.75, 3.05) is 19.7 Å². The van der Waals surface area contributed by atoms with E-state index in [-0.39, 0.29) is 6.10 Å². The Bertz CT molecular complexity index is 765. The van der Waals surface area contributed by atoms with Crippen molar-refractivity contribution in [2.45, 2.75) is 52.2 Å². The molecule has 2 aromatic rings. The van der Waals surface area contributed by atoms with E-state index in [4.69, 9.17) is 9.47 Å². The van der Waals surface area contributed by atoms with E-state index in [0.29, 0.717) is 6.04 Å². The summed E-state index contributed by atoms with van der Waals surface area (Å²) < 4.78 is 11.9. The third-order valence-corrected chi connectivity index (χ3v) is 5.41. The van der Waals surface area contributed by atoms with Crippen LogP contribution in [0.15, 0.2) is 24.4 Å². The lowest BCUT2D eigenvalue weighted by atomic mass is 10.0. The first-order chi connectivity index (χ1) is 12.6. The number of fused-ring (bicyclic) bond motifs is 1. The van der Waals surface area contributed by atoms with Crippen LogP contribution in [0.3, 0.4) is 0 Å². The van der Waals surface area contributed by atoms with Gasteiger partial charge in [0.15, 0.2) is 0 Å². The van der Waals surface area contributed by atoms with Gasteiger partial charge >= 0.3 is 0 Å². The van der Waals surface area contributed by atoms with Crippen LogP contribution in [0.2, 0.25) is 0 Å². The maximum Gasteiger partial charge on any atom is 0.141 e. The van der Waals surface area contributed by atoms with Gasteiger partial charge < -0.3 is 9.47 Å². The average molecular weight is 353 g/mol. The number of hydrogen-bond donors (Lipinski definition) is 0.